The molecule has 2 fully saturated rings. The third kappa shape index (κ3) is 2.69. The van der Waals surface area contributed by atoms with Gasteiger partial charge in [0.15, 0.2) is 0 Å². The number of amides is 1. The van der Waals surface area contributed by atoms with Crippen molar-refractivity contribution in [1.29, 1.82) is 0 Å². The van der Waals surface area contributed by atoms with Gasteiger partial charge in [-0.25, -0.2) is 0 Å². The summed E-state index contributed by atoms with van der Waals surface area (Å²) in [6.45, 7) is 3.01. The van der Waals surface area contributed by atoms with Gasteiger partial charge in [-0.3, -0.25) is 4.79 Å². The van der Waals surface area contributed by atoms with Crippen LogP contribution in [0.5, 0.6) is 0 Å². The second-order valence-electron chi connectivity index (χ2n) is 4.79. The molecule has 1 amide bonds. The van der Waals surface area contributed by atoms with E-state index in [1.165, 1.54) is 12.8 Å². The third-order valence-corrected chi connectivity index (χ3v) is 3.69. The molecule has 2 rings (SSSR count). The van der Waals surface area contributed by atoms with Gasteiger partial charge in [0.2, 0.25) is 5.91 Å². The Kier molecular flexibility index (Phi) is 3.59. The van der Waals surface area contributed by atoms with Crippen LogP contribution >= 0.6 is 0 Å². The van der Waals surface area contributed by atoms with Crippen LogP contribution in [0.1, 0.15) is 25.7 Å². The first-order valence-electron chi connectivity index (χ1n) is 6.01. The van der Waals surface area contributed by atoms with Gasteiger partial charge in [0.05, 0.1) is 5.92 Å². The Hall–Kier alpha value is -0.610. The first-order valence-corrected chi connectivity index (χ1v) is 6.01. The molecule has 0 bridgehead atoms. The number of piperidine rings is 1. The van der Waals surface area contributed by atoms with E-state index in [9.17, 15) is 4.79 Å². The third-order valence-electron chi connectivity index (χ3n) is 3.69. The number of hydrogen-bond acceptors (Lipinski definition) is 3. The highest BCUT2D eigenvalue weighted by Gasteiger charge is 2.33. The minimum Gasteiger partial charge on any atom is -0.356 e. The minimum absolute atomic E-state index is 0.0896. The quantitative estimate of drug-likeness (QED) is 0.607. The van der Waals surface area contributed by atoms with Crippen molar-refractivity contribution in [3.05, 3.63) is 0 Å². The molecule has 4 heteroatoms. The van der Waals surface area contributed by atoms with E-state index < -0.39 is 0 Å². The monoisotopic (exact) mass is 211 g/mol. The predicted octanol–water partition coefficient (Wildman–Crippen LogP) is -0.160. The molecule has 2 atom stereocenters. The summed E-state index contributed by atoms with van der Waals surface area (Å²) in [7, 11) is 0. The van der Waals surface area contributed by atoms with E-state index >= 15 is 0 Å². The predicted molar refractivity (Wildman–Crippen MR) is 59.3 cm³/mol. The summed E-state index contributed by atoms with van der Waals surface area (Å²) in [5, 5.41) is 6.36. The Labute approximate surface area is 91.0 Å². The first-order chi connectivity index (χ1) is 7.27. The van der Waals surface area contributed by atoms with E-state index in [1.54, 1.807) is 0 Å². The normalized spacial score (nSPS) is 32.1. The second kappa shape index (κ2) is 4.94. The Bertz CT molecular complexity index is 226. The van der Waals surface area contributed by atoms with Crippen molar-refractivity contribution < 1.29 is 4.79 Å². The smallest absolute Gasteiger partial charge is 0.224 e. The van der Waals surface area contributed by atoms with Crippen molar-refractivity contribution in [2.75, 3.05) is 19.6 Å². The van der Waals surface area contributed by atoms with E-state index in [4.69, 9.17) is 5.73 Å². The number of rotatable bonds is 3. The molecule has 0 spiro atoms. The fourth-order valence-electron chi connectivity index (χ4n) is 2.31. The first kappa shape index (κ1) is 10.9. The second-order valence-corrected chi connectivity index (χ2v) is 4.79. The Morgan fingerprint density at radius 2 is 2.00 bits per heavy atom. The maximum atomic E-state index is 11.7. The average Bonchev–Trinajstić information content (AvgIpc) is 2.26. The van der Waals surface area contributed by atoms with Crippen molar-refractivity contribution in [2.24, 2.45) is 17.6 Å². The van der Waals surface area contributed by atoms with E-state index in [0.29, 0.717) is 5.92 Å². The molecule has 0 radical (unpaired) electrons. The molecule has 0 aromatic carbocycles. The largest absolute Gasteiger partial charge is 0.356 e. The Morgan fingerprint density at radius 1 is 1.27 bits per heavy atom. The molecular weight excluding hydrogens is 190 g/mol. The fourth-order valence-corrected chi connectivity index (χ4v) is 2.31. The summed E-state index contributed by atoms with van der Waals surface area (Å²) in [6.07, 6.45) is 4.33. The molecule has 1 aliphatic heterocycles. The molecule has 2 unspecified atom stereocenters. The van der Waals surface area contributed by atoms with E-state index in [1.807, 2.05) is 0 Å². The molecule has 1 heterocycles. The summed E-state index contributed by atoms with van der Waals surface area (Å²) < 4.78 is 0. The number of carbonyl (C=O) groups excluding carboxylic acids is 1. The van der Waals surface area contributed by atoms with Crippen LogP contribution in [-0.2, 0) is 4.79 Å². The summed E-state index contributed by atoms with van der Waals surface area (Å²) in [4.78, 5) is 11.7. The summed E-state index contributed by atoms with van der Waals surface area (Å²) >= 11 is 0. The molecule has 2 aliphatic rings. The van der Waals surface area contributed by atoms with Crippen molar-refractivity contribution in [3.8, 4) is 0 Å². The van der Waals surface area contributed by atoms with Crippen molar-refractivity contribution in [2.45, 2.75) is 31.7 Å². The van der Waals surface area contributed by atoms with Crippen LogP contribution in [0.3, 0.4) is 0 Å². The highest BCUT2D eigenvalue weighted by molar-refractivity contribution is 5.80. The van der Waals surface area contributed by atoms with E-state index in [0.717, 1.165) is 32.5 Å². The highest BCUT2D eigenvalue weighted by Crippen LogP contribution is 2.25. The van der Waals surface area contributed by atoms with Gasteiger partial charge < -0.3 is 16.4 Å². The maximum Gasteiger partial charge on any atom is 0.224 e. The molecule has 86 valence electrons. The Morgan fingerprint density at radius 3 is 2.53 bits per heavy atom. The fraction of sp³-hybridized carbons (Fsp3) is 0.909. The molecule has 1 aliphatic carbocycles. The lowest BCUT2D eigenvalue weighted by Crippen LogP contribution is -2.49. The van der Waals surface area contributed by atoms with Crippen LogP contribution in [0.2, 0.25) is 0 Å². The zero-order valence-corrected chi connectivity index (χ0v) is 9.17. The van der Waals surface area contributed by atoms with Gasteiger partial charge in [0, 0.05) is 12.6 Å². The molecular formula is C11H21N3O. The van der Waals surface area contributed by atoms with Crippen LogP contribution < -0.4 is 16.4 Å². The van der Waals surface area contributed by atoms with Crippen LogP contribution in [0, 0.1) is 11.8 Å². The van der Waals surface area contributed by atoms with Crippen LogP contribution in [-0.4, -0.2) is 31.6 Å². The zero-order valence-electron chi connectivity index (χ0n) is 9.17. The number of nitrogens with one attached hydrogen (secondary N) is 2. The molecule has 15 heavy (non-hydrogen) atoms. The van der Waals surface area contributed by atoms with Gasteiger partial charge in [-0.05, 0) is 44.7 Å². The maximum absolute atomic E-state index is 11.7. The Balaban J connectivity index is 1.66. The summed E-state index contributed by atoms with van der Waals surface area (Å²) in [5.74, 6) is 0.922. The standard InChI is InChI=1S/C11H21N3O/c12-10-2-1-9(10)11(15)14-7-8-3-5-13-6-4-8/h8-10,13H,1-7,12H2,(H,14,15). The number of hydrogen-bond donors (Lipinski definition) is 3. The molecule has 4 N–H and O–H groups in total. The average molecular weight is 211 g/mol. The lowest BCUT2D eigenvalue weighted by atomic mass is 9.79. The van der Waals surface area contributed by atoms with Crippen molar-refractivity contribution >= 4 is 5.91 Å². The van der Waals surface area contributed by atoms with Crippen LogP contribution in [0.4, 0.5) is 0 Å². The van der Waals surface area contributed by atoms with Crippen LogP contribution in [0.25, 0.3) is 0 Å². The molecule has 4 nitrogen and oxygen atoms in total. The molecule has 1 saturated carbocycles. The highest BCUT2D eigenvalue weighted by atomic mass is 16.1. The van der Waals surface area contributed by atoms with Crippen molar-refractivity contribution in [3.63, 3.8) is 0 Å². The molecule has 1 saturated heterocycles. The molecule has 0 aromatic rings. The van der Waals surface area contributed by atoms with Gasteiger partial charge >= 0.3 is 0 Å². The molecule has 0 aromatic heterocycles. The zero-order chi connectivity index (χ0) is 10.7. The van der Waals surface area contributed by atoms with Gasteiger partial charge in [0.1, 0.15) is 0 Å². The lowest BCUT2D eigenvalue weighted by Gasteiger charge is -2.33. The number of carbonyl (C=O) groups is 1. The number of nitrogens with two attached hydrogens (primary N) is 1. The SMILES string of the molecule is NC1CCC1C(=O)NCC1CCNCC1. The van der Waals surface area contributed by atoms with Crippen molar-refractivity contribution in [1.82, 2.24) is 10.6 Å². The summed E-state index contributed by atoms with van der Waals surface area (Å²) in [5.41, 5.74) is 5.76. The van der Waals surface area contributed by atoms with Gasteiger partial charge in [-0.1, -0.05) is 0 Å². The lowest BCUT2D eigenvalue weighted by molar-refractivity contribution is -0.128. The topological polar surface area (TPSA) is 67.2 Å². The van der Waals surface area contributed by atoms with E-state index in [-0.39, 0.29) is 17.9 Å². The van der Waals surface area contributed by atoms with Gasteiger partial charge in [-0.15, -0.1) is 0 Å². The van der Waals surface area contributed by atoms with Gasteiger partial charge in [-0.2, -0.15) is 0 Å². The minimum atomic E-state index is 0.0896. The van der Waals surface area contributed by atoms with E-state index in [2.05, 4.69) is 10.6 Å². The van der Waals surface area contributed by atoms with Gasteiger partial charge in [0.25, 0.3) is 0 Å². The van der Waals surface area contributed by atoms with Crippen LogP contribution in [0.15, 0.2) is 0 Å². The summed E-state index contributed by atoms with van der Waals surface area (Å²) in [6, 6.07) is 0.109.